The van der Waals surface area contributed by atoms with E-state index in [-0.39, 0.29) is 0 Å². The molecule has 0 aromatic carbocycles. The summed E-state index contributed by atoms with van der Waals surface area (Å²) in [5.41, 5.74) is 0. The fraction of sp³-hybridized carbons (Fsp3) is 1.00. The lowest BCUT2D eigenvalue weighted by Gasteiger charge is -2.38. The van der Waals surface area contributed by atoms with Crippen LogP contribution in [-0.2, 0) is 4.74 Å². The first-order valence-electron chi connectivity index (χ1n) is 6.32. The summed E-state index contributed by atoms with van der Waals surface area (Å²) in [7, 11) is 2.09. The molecule has 1 fully saturated rings. The van der Waals surface area contributed by atoms with E-state index in [1.165, 1.54) is 19.3 Å². The molecule has 3 nitrogen and oxygen atoms in total. The summed E-state index contributed by atoms with van der Waals surface area (Å²) in [5.74, 6) is 0. The Labute approximate surface area is 94.2 Å². The Bertz CT molecular complexity index is 153. The zero-order chi connectivity index (χ0) is 11.1. The second kappa shape index (κ2) is 7.20. The molecule has 3 heteroatoms. The van der Waals surface area contributed by atoms with Crippen molar-refractivity contribution in [3.63, 3.8) is 0 Å². The zero-order valence-electron chi connectivity index (χ0n) is 10.5. The molecule has 1 aliphatic rings. The minimum absolute atomic E-state index is 0.637. The predicted molar refractivity (Wildman–Crippen MR) is 64.2 cm³/mol. The minimum atomic E-state index is 0.637. The summed E-state index contributed by atoms with van der Waals surface area (Å²) in [6, 6.07) is 1.32. The van der Waals surface area contributed by atoms with E-state index in [9.17, 15) is 0 Å². The van der Waals surface area contributed by atoms with E-state index in [1.807, 2.05) is 0 Å². The third kappa shape index (κ3) is 3.74. The summed E-state index contributed by atoms with van der Waals surface area (Å²) >= 11 is 0. The summed E-state index contributed by atoms with van der Waals surface area (Å²) in [6.07, 6.45) is 3.75. The van der Waals surface area contributed by atoms with Gasteiger partial charge in [-0.15, -0.1) is 0 Å². The van der Waals surface area contributed by atoms with Gasteiger partial charge in [0.1, 0.15) is 0 Å². The molecule has 0 radical (unpaired) electrons. The molecule has 2 atom stereocenters. The predicted octanol–water partition coefficient (Wildman–Crippen LogP) is 1.49. The maximum absolute atomic E-state index is 5.41. The minimum Gasteiger partial charge on any atom is -0.379 e. The molecule has 1 aliphatic heterocycles. The Morgan fingerprint density at radius 3 is 2.40 bits per heavy atom. The van der Waals surface area contributed by atoms with Crippen molar-refractivity contribution in [2.45, 2.75) is 45.2 Å². The lowest BCUT2D eigenvalue weighted by molar-refractivity contribution is 0.00678. The molecule has 0 saturated carbocycles. The average Bonchev–Trinajstić information content (AvgIpc) is 2.30. The average molecular weight is 214 g/mol. The molecule has 0 aliphatic carbocycles. The van der Waals surface area contributed by atoms with Gasteiger partial charge in [-0.1, -0.05) is 20.3 Å². The summed E-state index contributed by atoms with van der Waals surface area (Å²) in [5, 5.41) is 3.47. The van der Waals surface area contributed by atoms with Crippen molar-refractivity contribution in [3.05, 3.63) is 0 Å². The van der Waals surface area contributed by atoms with E-state index < -0.39 is 0 Å². The molecule has 90 valence electrons. The van der Waals surface area contributed by atoms with Gasteiger partial charge in [0.2, 0.25) is 0 Å². The standard InChI is InChI=1S/C12H26N2O/c1-4-6-11(13-3)12(5-2)14-7-9-15-10-8-14/h11-13H,4-10H2,1-3H3. The largest absolute Gasteiger partial charge is 0.379 e. The van der Waals surface area contributed by atoms with Crippen LogP contribution in [0.1, 0.15) is 33.1 Å². The number of rotatable bonds is 6. The SMILES string of the molecule is CCCC(NC)C(CC)N1CCOCC1. The molecule has 0 bridgehead atoms. The summed E-state index contributed by atoms with van der Waals surface area (Å²) < 4.78 is 5.41. The second-order valence-electron chi connectivity index (χ2n) is 4.31. The quantitative estimate of drug-likeness (QED) is 0.725. The van der Waals surface area contributed by atoms with Gasteiger partial charge in [-0.3, -0.25) is 4.90 Å². The van der Waals surface area contributed by atoms with E-state index in [0.29, 0.717) is 12.1 Å². The number of likely N-dealkylation sites (N-methyl/N-ethyl adjacent to an activating group) is 1. The fourth-order valence-electron chi connectivity index (χ4n) is 2.55. The van der Waals surface area contributed by atoms with Gasteiger partial charge < -0.3 is 10.1 Å². The second-order valence-corrected chi connectivity index (χ2v) is 4.31. The number of ether oxygens (including phenoxy) is 1. The Morgan fingerprint density at radius 1 is 1.27 bits per heavy atom. The van der Waals surface area contributed by atoms with Crippen molar-refractivity contribution in [2.24, 2.45) is 0 Å². The lowest BCUT2D eigenvalue weighted by Crippen LogP contribution is -2.52. The molecular formula is C12H26N2O. The highest BCUT2D eigenvalue weighted by molar-refractivity contribution is 4.83. The van der Waals surface area contributed by atoms with Gasteiger partial charge in [0.15, 0.2) is 0 Å². The molecule has 1 N–H and O–H groups in total. The highest BCUT2D eigenvalue weighted by atomic mass is 16.5. The topological polar surface area (TPSA) is 24.5 Å². The van der Waals surface area contributed by atoms with Gasteiger partial charge in [-0.2, -0.15) is 0 Å². The molecule has 2 unspecified atom stereocenters. The van der Waals surface area contributed by atoms with Gasteiger partial charge in [0.25, 0.3) is 0 Å². The maximum Gasteiger partial charge on any atom is 0.0594 e. The van der Waals surface area contributed by atoms with Crippen LogP contribution < -0.4 is 5.32 Å². The number of nitrogens with one attached hydrogen (secondary N) is 1. The van der Waals surface area contributed by atoms with Gasteiger partial charge in [-0.05, 0) is 19.9 Å². The van der Waals surface area contributed by atoms with Crippen LogP contribution in [0.15, 0.2) is 0 Å². The smallest absolute Gasteiger partial charge is 0.0594 e. The number of morpholine rings is 1. The number of nitrogens with zero attached hydrogens (tertiary/aromatic N) is 1. The molecule has 0 amide bonds. The van der Waals surface area contributed by atoms with Crippen molar-refractivity contribution in [1.82, 2.24) is 10.2 Å². The van der Waals surface area contributed by atoms with Gasteiger partial charge in [-0.25, -0.2) is 0 Å². The molecule has 0 aromatic rings. The van der Waals surface area contributed by atoms with E-state index >= 15 is 0 Å². The van der Waals surface area contributed by atoms with Gasteiger partial charge in [0, 0.05) is 25.2 Å². The molecule has 15 heavy (non-hydrogen) atoms. The normalized spacial score (nSPS) is 22.6. The van der Waals surface area contributed by atoms with E-state index in [1.54, 1.807) is 0 Å². The van der Waals surface area contributed by atoms with Crippen LogP contribution in [0.2, 0.25) is 0 Å². The third-order valence-electron chi connectivity index (χ3n) is 3.37. The molecule has 1 saturated heterocycles. The zero-order valence-corrected chi connectivity index (χ0v) is 10.5. The first kappa shape index (κ1) is 12.9. The van der Waals surface area contributed by atoms with E-state index in [2.05, 4.69) is 31.1 Å². The van der Waals surface area contributed by atoms with Crippen molar-refractivity contribution in [3.8, 4) is 0 Å². The number of hydrogen-bond donors (Lipinski definition) is 1. The molecule has 1 rings (SSSR count). The van der Waals surface area contributed by atoms with Crippen LogP contribution in [0, 0.1) is 0 Å². The molecule has 0 spiro atoms. The Kier molecular flexibility index (Phi) is 6.22. The first-order valence-corrected chi connectivity index (χ1v) is 6.32. The van der Waals surface area contributed by atoms with Crippen LogP contribution in [0.5, 0.6) is 0 Å². The van der Waals surface area contributed by atoms with Crippen molar-refractivity contribution in [2.75, 3.05) is 33.4 Å². The monoisotopic (exact) mass is 214 g/mol. The molecule has 1 heterocycles. The van der Waals surface area contributed by atoms with Crippen LogP contribution >= 0.6 is 0 Å². The molecular weight excluding hydrogens is 188 g/mol. The fourth-order valence-corrected chi connectivity index (χ4v) is 2.55. The number of hydrogen-bond acceptors (Lipinski definition) is 3. The Hall–Kier alpha value is -0.120. The van der Waals surface area contributed by atoms with Crippen molar-refractivity contribution >= 4 is 0 Å². The van der Waals surface area contributed by atoms with E-state index in [0.717, 1.165) is 26.3 Å². The van der Waals surface area contributed by atoms with E-state index in [4.69, 9.17) is 4.74 Å². The third-order valence-corrected chi connectivity index (χ3v) is 3.37. The lowest BCUT2D eigenvalue weighted by atomic mass is 9.99. The maximum atomic E-state index is 5.41. The molecule has 0 aromatic heterocycles. The van der Waals surface area contributed by atoms with Crippen molar-refractivity contribution in [1.29, 1.82) is 0 Å². The van der Waals surface area contributed by atoms with Gasteiger partial charge >= 0.3 is 0 Å². The van der Waals surface area contributed by atoms with Crippen LogP contribution in [0.3, 0.4) is 0 Å². The Morgan fingerprint density at radius 2 is 1.93 bits per heavy atom. The summed E-state index contributed by atoms with van der Waals surface area (Å²) in [6.45, 7) is 8.55. The highest BCUT2D eigenvalue weighted by Gasteiger charge is 2.25. The van der Waals surface area contributed by atoms with Crippen LogP contribution in [0.4, 0.5) is 0 Å². The van der Waals surface area contributed by atoms with Crippen molar-refractivity contribution < 1.29 is 4.74 Å². The first-order chi connectivity index (χ1) is 7.33. The Balaban J connectivity index is 2.50. The van der Waals surface area contributed by atoms with Crippen LogP contribution in [-0.4, -0.2) is 50.3 Å². The highest BCUT2D eigenvalue weighted by Crippen LogP contribution is 2.14. The van der Waals surface area contributed by atoms with Crippen LogP contribution in [0.25, 0.3) is 0 Å². The summed E-state index contributed by atoms with van der Waals surface area (Å²) in [4.78, 5) is 2.58. The van der Waals surface area contributed by atoms with Gasteiger partial charge in [0.05, 0.1) is 13.2 Å².